The van der Waals surface area contributed by atoms with Gasteiger partial charge in [0.05, 0.1) is 6.54 Å². The van der Waals surface area contributed by atoms with Gasteiger partial charge in [-0.2, -0.15) is 0 Å². The lowest BCUT2D eigenvalue weighted by atomic mass is 10.2. The fourth-order valence-corrected chi connectivity index (χ4v) is 2.34. The van der Waals surface area contributed by atoms with E-state index in [0.29, 0.717) is 12.6 Å². The van der Waals surface area contributed by atoms with Crippen LogP contribution in [0, 0.1) is 6.92 Å². The molecule has 0 aliphatic carbocycles. The number of thiophene rings is 1. The van der Waals surface area contributed by atoms with E-state index in [1.807, 2.05) is 11.3 Å². The Morgan fingerprint density at radius 1 is 1.53 bits per heavy atom. The molecular weight excluding hydrogens is 208 g/mol. The molecule has 1 unspecified atom stereocenters. The van der Waals surface area contributed by atoms with E-state index in [1.165, 1.54) is 9.75 Å². The van der Waals surface area contributed by atoms with Crippen molar-refractivity contribution in [3.05, 3.63) is 21.9 Å². The van der Waals surface area contributed by atoms with E-state index < -0.39 is 0 Å². The summed E-state index contributed by atoms with van der Waals surface area (Å²) in [6.07, 6.45) is 0.982. The van der Waals surface area contributed by atoms with Gasteiger partial charge < -0.3 is 10.6 Å². The van der Waals surface area contributed by atoms with E-state index in [-0.39, 0.29) is 5.91 Å². The quantitative estimate of drug-likeness (QED) is 0.795. The number of nitrogens with one attached hydrogen (secondary N) is 2. The molecule has 0 aromatic carbocycles. The first kappa shape index (κ1) is 12.2. The topological polar surface area (TPSA) is 41.1 Å². The highest BCUT2D eigenvalue weighted by Crippen LogP contribution is 2.16. The van der Waals surface area contributed by atoms with Crippen molar-refractivity contribution >= 4 is 17.2 Å². The summed E-state index contributed by atoms with van der Waals surface area (Å²) >= 11 is 1.82. The molecule has 1 amide bonds. The molecule has 3 nitrogen and oxygen atoms in total. The van der Waals surface area contributed by atoms with Crippen molar-refractivity contribution < 1.29 is 4.79 Å². The van der Waals surface area contributed by atoms with E-state index in [0.717, 1.165) is 6.42 Å². The maximum Gasteiger partial charge on any atom is 0.233 e. The Balaban J connectivity index is 2.30. The summed E-state index contributed by atoms with van der Waals surface area (Å²) in [7, 11) is 1.65. The Labute approximate surface area is 94.9 Å². The van der Waals surface area contributed by atoms with E-state index in [1.54, 1.807) is 7.05 Å². The van der Waals surface area contributed by atoms with Gasteiger partial charge in [-0.3, -0.25) is 4.79 Å². The van der Waals surface area contributed by atoms with Crippen LogP contribution in [0.3, 0.4) is 0 Å². The second kappa shape index (κ2) is 5.88. The molecule has 0 bridgehead atoms. The predicted octanol–water partition coefficient (Wildman–Crippen LogP) is 1.32. The maximum absolute atomic E-state index is 11.0. The summed E-state index contributed by atoms with van der Waals surface area (Å²) in [5.41, 5.74) is 0. The molecule has 1 atom stereocenters. The highest BCUT2D eigenvalue weighted by molar-refractivity contribution is 7.11. The van der Waals surface area contributed by atoms with Crippen LogP contribution in [0.1, 0.15) is 16.7 Å². The minimum Gasteiger partial charge on any atom is -0.358 e. The molecule has 1 rings (SSSR count). The molecule has 4 heteroatoms. The van der Waals surface area contributed by atoms with Crippen LogP contribution in [0.2, 0.25) is 0 Å². The number of hydrogen-bond donors (Lipinski definition) is 2. The normalized spacial score (nSPS) is 12.5. The Morgan fingerprint density at radius 2 is 2.27 bits per heavy atom. The number of carbonyl (C=O) groups is 1. The summed E-state index contributed by atoms with van der Waals surface area (Å²) in [5.74, 6) is 0.0317. The molecule has 84 valence electrons. The molecule has 0 saturated heterocycles. The molecule has 0 aliphatic rings. The molecule has 0 spiro atoms. The van der Waals surface area contributed by atoms with Crippen LogP contribution < -0.4 is 10.6 Å². The van der Waals surface area contributed by atoms with Crippen molar-refractivity contribution in [2.45, 2.75) is 26.3 Å². The summed E-state index contributed by atoms with van der Waals surface area (Å²) in [6, 6.07) is 4.61. The highest BCUT2D eigenvalue weighted by Gasteiger charge is 2.06. The number of rotatable bonds is 5. The van der Waals surface area contributed by atoms with Gasteiger partial charge in [-0.1, -0.05) is 0 Å². The summed E-state index contributed by atoms with van der Waals surface area (Å²) in [4.78, 5) is 13.7. The smallest absolute Gasteiger partial charge is 0.233 e. The standard InChI is InChI=1S/C11H18N2OS/c1-8(13-7-11(14)12-3)6-10-5-4-9(2)15-10/h4-5,8,13H,6-7H2,1-3H3,(H,12,14). The third-order valence-corrected chi connectivity index (χ3v) is 3.22. The van der Waals surface area contributed by atoms with E-state index in [9.17, 15) is 4.79 Å². The van der Waals surface area contributed by atoms with Crippen LogP contribution in [0.5, 0.6) is 0 Å². The number of carbonyl (C=O) groups excluding carboxylic acids is 1. The fraction of sp³-hybridized carbons (Fsp3) is 0.545. The van der Waals surface area contributed by atoms with Crippen LogP contribution in [-0.4, -0.2) is 25.5 Å². The fourth-order valence-electron chi connectivity index (χ4n) is 1.32. The highest BCUT2D eigenvalue weighted by atomic mass is 32.1. The third kappa shape index (κ3) is 4.44. The number of likely N-dealkylation sites (N-methyl/N-ethyl adjacent to an activating group) is 1. The Kier molecular flexibility index (Phi) is 4.78. The molecule has 0 aliphatic heterocycles. The molecule has 15 heavy (non-hydrogen) atoms. The summed E-state index contributed by atoms with van der Waals surface area (Å²) in [5, 5.41) is 5.78. The van der Waals surface area contributed by atoms with Crippen LogP contribution in [-0.2, 0) is 11.2 Å². The van der Waals surface area contributed by atoms with Crippen LogP contribution in [0.4, 0.5) is 0 Å². The van der Waals surface area contributed by atoms with Crippen molar-refractivity contribution in [1.82, 2.24) is 10.6 Å². The van der Waals surface area contributed by atoms with Crippen LogP contribution in [0.15, 0.2) is 12.1 Å². The summed E-state index contributed by atoms with van der Waals surface area (Å²) < 4.78 is 0. The summed E-state index contributed by atoms with van der Waals surface area (Å²) in [6.45, 7) is 4.59. The minimum atomic E-state index is 0.0317. The molecular formula is C11H18N2OS. The second-order valence-electron chi connectivity index (χ2n) is 3.67. The van der Waals surface area contributed by atoms with Crippen molar-refractivity contribution in [3.63, 3.8) is 0 Å². The first-order valence-corrected chi connectivity index (χ1v) is 5.92. The second-order valence-corrected chi connectivity index (χ2v) is 5.04. The minimum absolute atomic E-state index is 0.0317. The van der Waals surface area contributed by atoms with E-state index >= 15 is 0 Å². The Bertz CT molecular complexity index is 322. The molecule has 1 aromatic rings. The zero-order valence-electron chi connectivity index (χ0n) is 9.46. The largest absolute Gasteiger partial charge is 0.358 e. The molecule has 0 saturated carbocycles. The number of aryl methyl sites for hydroxylation is 1. The van der Waals surface area contributed by atoms with Gasteiger partial charge in [0, 0.05) is 22.8 Å². The van der Waals surface area contributed by atoms with Gasteiger partial charge in [0.1, 0.15) is 0 Å². The molecule has 1 heterocycles. The van der Waals surface area contributed by atoms with Crippen molar-refractivity contribution in [2.24, 2.45) is 0 Å². The van der Waals surface area contributed by atoms with Crippen LogP contribution >= 0.6 is 11.3 Å². The van der Waals surface area contributed by atoms with Gasteiger partial charge >= 0.3 is 0 Å². The van der Waals surface area contributed by atoms with E-state index in [2.05, 4.69) is 36.6 Å². The number of hydrogen-bond acceptors (Lipinski definition) is 3. The monoisotopic (exact) mass is 226 g/mol. The lowest BCUT2D eigenvalue weighted by Crippen LogP contribution is -2.37. The predicted molar refractivity (Wildman–Crippen MR) is 64.3 cm³/mol. The first-order valence-electron chi connectivity index (χ1n) is 5.11. The van der Waals surface area contributed by atoms with Crippen molar-refractivity contribution in [3.8, 4) is 0 Å². The molecule has 1 aromatic heterocycles. The molecule has 2 N–H and O–H groups in total. The average molecular weight is 226 g/mol. The zero-order valence-corrected chi connectivity index (χ0v) is 10.3. The lowest BCUT2D eigenvalue weighted by molar-refractivity contribution is -0.119. The van der Waals surface area contributed by atoms with Gasteiger partial charge in [0.25, 0.3) is 0 Å². The molecule has 0 radical (unpaired) electrons. The Morgan fingerprint density at radius 3 is 2.80 bits per heavy atom. The van der Waals surface area contributed by atoms with Gasteiger partial charge in [-0.15, -0.1) is 11.3 Å². The van der Waals surface area contributed by atoms with Crippen molar-refractivity contribution in [2.75, 3.05) is 13.6 Å². The first-order chi connectivity index (χ1) is 7.11. The van der Waals surface area contributed by atoms with Gasteiger partial charge in [-0.25, -0.2) is 0 Å². The van der Waals surface area contributed by atoms with Gasteiger partial charge in [0.2, 0.25) is 5.91 Å². The SMILES string of the molecule is CNC(=O)CNC(C)Cc1ccc(C)s1. The lowest BCUT2D eigenvalue weighted by Gasteiger charge is -2.11. The average Bonchev–Trinajstić information content (AvgIpc) is 2.60. The third-order valence-electron chi connectivity index (χ3n) is 2.19. The zero-order chi connectivity index (χ0) is 11.3. The van der Waals surface area contributed by atoms with Crippen LogP contribution in [0.25, 0.3) is 0 Å². The maximum atomic E-state index is 11.0. The number of amides is 1. The van der Waals surface area contributed by atoms with Crippen molar-refractivity contribution in [1.29, 1.82) is 0 Å². The van der Waals surface area contributed by atoms with Gasteiger partial charge in [-0.05, 0) is 32.4 Å². The van der Waals surface area contributed by atoms with Gasteiger partial charge in [0.15, 0.2) is 0 Å². The molecule has 0 fully saturated rings. The van der Waals surface area contributed by atoms with E-state index in [4.69, 9.17) is 0 Å². The Hall–Kier alpha value is -0.870.